The van der Waals surface area contributed by atoms with E-state index in [1.807, 2.05) is 0 Å². The van der Waals surface area contributed by atoms with Crippen LogP contribution in [0.1, 0.15) is 0 Å². The van der Waals surface area contributed by atoms with Crippen molar-refractivity contribution in [2.45, 2.75) is 121 Å². The van der Waals surface area contributed by atoms with Gasteiger partial charge in [0.25, 0.3) is 0 Å². The maximum atomic E-state index is 14.8. The first-order valence-electron chi connectivity index (χ1n) is 15.3. The van der Waals surface area contributed by atoms with E-state index in [-0.39, 0.29) is 0 Å². The molecule has 0 aliphatic carbocycles. The predicted octanol–water partition coefficient (Wildman–Crippen LogP) is 14.1. The highest BCUT2D eigenvalue weighted by Gasteiger charge is 2.91. The lowest BCUT2D eigenvalue weighted by Crippen LogP contribution is -2.73. The predicted molar refractivity (Wildman–Crippen MR) is 127 cm³/mol. The zero-order valence-corrected chi connectivity index (χ0v) is 31.2. The van der Waals surface area contributed by atoms with E-state index >= 15 is 0 Å². The van der Waals surface area contributed by atoms with Crippen LogP contribution in [0.5, 0.6) is 0 Å². The molecule has 0 bridgehead atoms. The van der Waals surface area contributed by atoms with E-state index in [4.69, 9.17) is 0 Å². The summed E-state index contributed by atoms with van der Waals surface area (Å²) in [5, 5.41) is 0. The molecule has 0 fully saturated rings. The van der Waals surface area contributed by atoms with Crippen LogP contribution in [-0.2, 0) is 28.4 Å². The molecule has 0 amide bonds. The highest BCUT2D eigenvalue weighted by atomic mass is 19.5. The Morgan fingerprint density at radius 2 is 0.507 bits per heavy atom. The van der Waals surface area contributed by atoms with Crippen LogP contribution in [0.15, 0.2) is 11.9 Å². The summed E-state index contributed by atoms with van der Waals surface area (Å²) in [6, 6.07) is 0. The molecule has 49 heteroatoms. The minimum absolute atomic E-state index is 0.658. The van der Waals surface area contributed by atoms with Gasteiger partial charge in [0.1, 0.15) is 6.61 Å². The Labute approximate surface area is 364 Å². The van der Waals surface area contributed by atoms with E-state index in [0.717, 1.165) is 9.47 Å². The molecule has 0 saturated heterocycles. The van der Waals surface area contributed by atoms with Gasteiger partial charge in [-0.25, -0.2) is 4.39 Å². The summed E-state index contributed by atoms with van der Waals surface area (Å²) in [5.41, 5.74) is 0. The van der Waals surface area contributed by atoms with Gasteiger partial charge in [0, 0.05) is 0 Å². The summed E-state index contributed by atoms with van der Waals surface area (Å²) in [5.74, 6) is -73.3. The summed E-state index contributed by atoms with van der Waals surface area (Å²) < 4.78 is 586. The van der Waals surface area contributed by atoms with E-state index in [2.05, 4.69) is 4.74 Å². The topological polar surface area (TPSA) is 55.4 Å². The van der Waals surface area contributed by atoms with Crippen molar-refractivity contribution in [3.05, 3.63) is 11.9 Å². The van der Waals surface area contributed by atoms with Gasteiger partial charge < -0.3 is 4.74 Å². The summed E-state index contributed by atoms with van der Waals surface area (Å²) in [6.45, 7) is -7.24. The second-order valence-corrected chi connectivity index (χ2v) is 12.5. The Bertz CT molecular complexity index is 1920. The molecule has 0 aromatic rings. The molecular weight excluding hydrogens is 1200 g/mol. The fourth-order valence-electron chi connectivity index (χ4n) is 3.48. The molecule has 0 spiro atoms. The third-order valence-electron chi connectivity index (χ3n) is 7.18. The summed E-state index contributed by atoms with van der Waals surface area (Å²) in [4.78, 5) is 0. The number of rotatable bonds is 21. The maximum Gasteiger partial charge on any atom is 0.462 e. The van der Waals surface area contributed by atoms with Gasteiger partial charge in [-0.2, -0.15) is 184 Å². The Balaban J connectivity index is 7.86. The quantitative estimate of drug-likeness (QED) is 0.0843. The zero-order chi connectivity index (χ0) is 59.9. The van der Waals surface area contributed by atoms with E-state index in [1.165, 1.54) is 4.74 Å². The minimum atomic E-state index is -9.75. The van der Waals surface area contributed by atoms with E-state index in [1.54, 1.807) is 0 Å². The van der Waals surface area contributed by atoms with Gasteiger partial charge in [-0.15, -0.1) is 0 Å². The van der Waals surface area contributed by atoms with Crippen LogP contribution in [0.3, 0.4) is 0 Å². The number of alkyl halides is 42. The standard InChI is InChI=1S/C24H5F43O6/c25-4(6(27,28)7(29,30)14(40,41)42)1-2-68-3-5(26,13(37,38)39)69-21(60,61)9(33,16(46,47)48)71-23(64,65)11(35,18(52,53)54)73-24(66,67)12(36,19(55,56)57)72-22(62,63)10(34,17(49,50)51)70-20(58,59)8(31,32)15(43,44)45/h1H,2-3H2. The molecule has 0 saturated carbocycles. The van der Waals surface area contributed by atoms with Crippen molar-refractivity contribution in [1.82, 2.24) is 0 Å². The molecule has 0 radical (unpaired) electrons. The average Bonchev–Trinajstić information content (AvgIpc) is 3.08. The Hall–Kier alpha value is -3.51. The van der Waals surface area contributed by atoms with Gasteiger partial charge in [-0.1, -0.05) is 0 Å². The molecule has 5 unspecified atom stereocenters. The minimum Gasteiger partial charge on any atom is -0.371 e. The highest BCUT2D eigenvalue weighted by Crippen LogP contribution is 2.62. The number of hydrogen-bond acceptors (Lipinski definition) is 6. The monoisotopic (exact) mass is 1210 g/mol. The van der Waals surface area contributed by atoms with Crippen molar-refractivity contribution in [1.29, 1.82) is 0 Å². The van der Waals surface area contributed by atoms with Crippen molar-refractivity contribution >= 4 is 0 Å². The van der Waals surface area contributed by atoms with Crippen LogP contribution in [0, 0.1) is 0 Å². The van der Waals surface area contributed by atoms with Gasteiger partial charge in [-0.05, 0) is 6.08 Å². The third-order valence-corrected chi connectivity index (χ3v) is 7.18. The fourth-order valence-corrected chi connectivity index (χ4v) is 3.48. The lowest BCUT2D eigenvalue weighted by molar-refractivity contribution is -0.600. The van der Waals surface area contributed by atoms with Gasteiger partial charge >= 0.3 is 121 Å². The first-order valence-corrected chi connectivity index (χ1v) is 15.3. The Kier molecular flexibility index (Phi) is 18.0. The van der Waals surface area contributed by atoms with Gasteiger partial charge in [0.15, 0.2) is 5.83 Å². The lowest BCUT2D eigenvalue weighted by atomic mass is 10.1. The van der Waals surface area contributed by atoms with Gasteiger partial charge in [-0.3, -0.25) is 23.7 Å². The molecule has 438 valence electrons. The highest BCUT2D eigenvalue weighted by molar-refractivity contribution is 5.13. The number of halogens is 43. The van der Waals surface area contributed by atoms with E-state index in [0.29, 0.717) is 9.47 Å². The first kappa shape index (κ1) is 69.5. The van der Waals surface area contributed by atoms with Crippen molar-refractivity contribution in [3.63, 3.8) is 0 Å². The number of ether oxygens (including phenoxy) is 6. The Morgan fingerprint density at radius 1 is 0.274 bits per heavy atom. The molecule has 0 heterocycles. The molecule has 0 rings (SSSR count). The van der Waals surface area contributed by atoms with Crippen LogP contribution < -0.4 is 0 Å². The van der Waals surface area contributed by atoms with Crippen molar-refractivity contribution in [3.8, 4) is 0 Å². The van der Waals surface area contributed by atoms with E-state index < -0.39 is 146 Å². The van der Waals surface area contributed by atoms with Crippen molar-refractivity contribution in [2.75, 3.05) is 13.2 Å². The second kappa shape index (κ2) is 18.9. The summed E-state index contributed by atoms with van der Waals surface area (Å²) >= 11 is 0. The van der Waals surface area contributed by atoms with Gasteiger partial charge in [0.2, 0.25) is 0 Å². The second-order valence-electron chi connectivity index (χ2n) is 12.5. The molecule has 5 atom stereocenters. The molecule has 0 aliphatic rings. The molecule has 73 heavy (non-hydrogen) atoms. The molecular formula is C24H5F43O6. The molecule has 0 aromatic carbocycles. The maximum absolute atomic E-state index is 14.8. The largest absolute Gasteiger partial charge is 0.462 e. The smallest absolute Gasteiger partial charge is 0.371 e. The molecule has 0 aliphatic heterocycles. The third kappa shape index (κ3) is 12.2. The molecule has 0 aromatic heterocycles. The van der Waals surface area contributed by atoms with Crippen LogP contribution in [0.2, 0.25) is 0 Å². The van der Waals surface area contributed by atoms with Crippen LogP contribution in [0.25, 0.3) is 0 Å². The SMILES string of the molecule is FC(=CCOCC(F)(OC(F)(F)C(F)(OC(F)(F)C(F)(OC(F)(F)C(F)(OC(F)(F)C(F)(OC(F)(F)C(F)(F)C(F)(F)F)C(F)(F)F)C(F)(F)F)C(F)(F)F)C(F)(F)F)C(F)(F)F)C(F)(F)C(F)(F)C(F)(F)F. The van der Waals surface area contributed by atoms with E-state index in [9.17, 15) is 189 Å². The van der Waals surface area contributed by atoms with Crippen LogP contribution >= 0.6 is 0 Å². The lowest BCUT2D eigenvalue weighted by Gasteiger charge is -2.44. The van der Waals surface area contributed by atoms with Crippen molar-refractivity contribution in [2.24, 2.45) is 0 Å². The summed E-state index contributed by atoms with van der Waals surface area (Å²) in [7, 11) is 0. The van der Waals surface area contributed by atoms with Gasteiger partial charge in [0.05, 0.1) is 6.61 Å². The average molecular weight is 1210 g/mol. The number of hydrogen-bond donors (Lipinski definition) is 0. The normalized spacial score (nSPS) is 20.2. The fraction of sp³-hybridized carbons (Fsp3) is 0.917. The van der Waals surface area contributed by atoms with Crippen LogP contribution in [0.4, 0.5) is 189 Å². The van der Waals surface area contributed by atoms with Crippen molar-refractivity contribution < 1.29 is 217 Å². The zero-order valence-electron chi connectivity index (χ0n) is 31.2. The molecule has 6 nitrogen and oxygen atoms in total. The molecule has 0 N–H and O–H groups in total. The Morgan fingerprint density at radius 3 is 0.726 bits per heavy atom. The van der Waals surface area contributed by atoms with Crippen LogP contribution in [-0.4, -0.2) is 134 Å². The summed E-state index contributed by atoms with van der Waals surface area (Å²) in [6.07, 6.45) is -109. The first-order chi connectivity index (χ1) is 30.9. The number of allylic oxidation sites excluding steroid dienone is 1.